The normalized spacial score (nSPS) is 16.4. The van der Waals surface area contributed by atoms with E-state index in [2.05, 4.69) is 5.10 Å². The molecule has 0 saturated carbocycles. The molecule has 1 N–H and O–H groups in total. The molecule has 0 amide bonds. The lowest BCUT2D eigenvalue weighted by atomic mass is 10.0. The Hall–Kier alpha value is -1.88. The van der Waals surface area contributed by atoms with E-state index in [-0.39, 0.29) is 11.6 Å². The van der Waals surface area contributed by atoms with Crippen molar-refractivity contribution in [3.05, 3.63) is 36.4 Å². The van der Waals surface area contributed by atoms with Crippen molar-refractivity contribution >= 4 is 0 Å². The summed E-state index contributed by atoms with van der Waals surface area (Å²) in [5.74, 6) is 0.268. The molecule has 4 nitrogen and oxygen atoms in total. The number of nitrogens with zero attached hydrogens (tertiary/aromatic N) is 2. The molecule has 1 aliphatic rings. The maximum absolute atomic E-state index is 13.3. The quantitative estimate of drug-likeness (QED) is 0.937. The number of phenolic OH excluding ortho intramolecular Hbond substituents is 1. The fourth-order valence-electron chi connectivity index (χ4n) is 2.54. The molecule has 2 heterocycles. The summed E-state index contributed by atoms with van der Waals surface area (Å²) in [7, 11) is 0. The molecule has 0 radical (unpaired) electrons. The molecule has 1 aliphatic heterocycles. The van der Waals surface area contributed by atoms with E-state index < -0.39 is 0 Å². The highest BCUT2D eigenvalue weighted by Crippen LogP contribution is 2.29. The van der Waals surface area contributed by atoms with Crippen molar-refractivity contribution in [1.29, 1.82) is 0 Å². The number of aromatic hydroxyl groups is 1. The van der Waals surface area contributed by atoms with Crippen LogP contribution < -0.4 is 0 Å². The molecule has 1 aromatic carbocycles. The van der Waals surface area contributed by atoms with Crippen molar-refractivity contribution in [2.24, 2.45) is 5.92 Å². The second-order valence-corrected chi connectivity index (χ2v) is 5.17. The van der Waals surface area contributed by atoms with Crippen LogP contribution in [-0.2, 0) is 11.3 Å². The number of rotatable bonds is 3. The SMILES string of the molecule is Oc1ccc(F)cc1-c1cnn(CC2CCOCC2)c1. The molecule has 1 saturated heterocycles. The first-order valence-electron chi connectivity index (χ1n) is 6.81. The average Bonchev–Trinajstić information content (AvgIpc) is 2.91. The molecular formula is C15H17FN2O2. The number of phenols is 1. The van der Waals surface area contributed by atoms with Gasteiger partial charge in [0.1, 0.15) is 11.6 Å². The van der Waals surface area contributed by atoms with E-state index >= 15 is 0 Å². The topological polar surface area (TPSA) is 47.3 Å². The van der Waals surface area contributed by atoms with Gasteiger partial charge in [-0.1, -0.05) is 0 Å². The number of benzene rings is 1. The summed E-state index contributed by atoms with van der Waals surface area (Å²) < 4.78 is 20.5. The zero-order chi connectivity index (χ0) is 13.9. The van der Waals surface area contributed by atoms with Gasteiger partial charge in [0.05, 0.1) is 6.20 Å². The monoisotopic (exact) mass is 276 g/mol. The minimum atomic E-state index is -0.366. The first-order chi connectivity index (χ1) is 9.72. The van der Waals surface area contributed by atoms with Gasteiger partial charge >= 0.3 is 0 Å². The molecule has 0 unspecified atom stereocenters. The predicted octanol–water partition coefficient (Wildman–Crippen LogP) is 2.82. The Kier molecular flexibility index (Phi) is 3.69. The summed E-state index contributed by atoms with van der Waals surface area (Å²) in [5, 5.41) is 14.1. The zero-order valence-electron chi connectivity index (χ0n) is 11.1. The summed E-state index contributed by atoms with van der Waals surface area (Å²) in [6.45, 7) is 2.45. The Balaban J connectivity index is 1.77. The smallest absolute Gasteiger partial charge is 0.124 e. The van der Waals surface area contributed by atoms with Crippen molar-refractivity contribution in [3.8, 4) is 16.9 Å². The third-order valence-corrected chi connectivity index (χ3v) is 3.69. The van der Waals surface area contributed by atoms with Crippen LogP contribution in [0.4, 0.5) is 4.39 Å². The number of ether oxygens (including phenoxy) is 1. The first kappa shape index (κ1) is 13.1. The van der Waals surface area contributed by atoms with Crippen molar-refractivity contribution in [1.82, 2.24) is 9.78 Å². The van der Waals surface area contributed by atoms with Crippen molar-refractivity contribution in [3.63, 3.8) is 0 Å². The van der Waals surface area contributed by atoms with Crippen molar-refractivity contribution in [2.75, 3.05) is 13.2 Å². The van der Waals surface area contributed by atoms with Crippen LogP contribution in [0.5, 0.6) is 5.75 Å². The third-order valence-electron chi connectivity index (χ3n) is 3.69. The van der Waals surface area contributed by atoms with Crippen LogP contribution in [0.1, 0.15) is 12.8 Å². The lowest BCUT2D eigenvalue weighted by Crippen LogP contribution is -2.20. The lowest BCUT2D eigenvalue weighted by molar-refractivity contribution is 0.0601. The number of hydrogen-bond acceptors (Lipinski definition) is 3. The second kappa shape index (κ2) is 5.63. The van der Waals surface area contributed by atoms with Gasteiger partial charge in [0.15, 0.2) is 0 Å². The lowest BCUT2D eigenvalue weighted by Gasteiger charge is -2.21. The summed E-state index contributed by atoms with van der Waals surface area (Å²) in [4.78, 5) is 0. The first-order valence-corrected chi connectivity index (χ1v) is 6.81. The second-order valence-electron chi connectivity index (χ2n) is 5.17. The minimum Gasteiger partial charge on any atom is -0.507 e. The fourth-order valence-corrected chi connectivity index (χ4v) is 2.54. The maximum Gasteiger partial charge on any atom is 0.124 e. The predicted molar refractivity (Wildman–Crippen MR) is 72.8 cm³/mol. The number of hydrogen-bond donors (Lipinski definition) is 1. The summed E-state index contributed by atoms with van der Waals surface area (Å²) in [5.41, 5.74) is 1.21. The van der Waals surface area contributed by atoms with Gasteiger partial charge in [-0.3, -0.25) is 4.68 Å². The summed E-state index contributed by atoms with van der Waals surface area (Å²) in [6, 6.07) is 3.93. The van der Waals surface area contributed by atoms with Gasteiger partial charge in [-0.25, -0.2) is 4.39 Å². The van der Waals surface area contributed by atoms with Gasteiger partial charge in [-0.15, -0.1) is 0 Å². The van der Waals surface area contributed by atoms with E-state index in [9.17, 15) is 9.50 Å². The molecule has 0 spiro atoms. The van der Waals surface area contributed by atoms with Gasteiger partial charge in [-0.2, -0.15) is 5.10 Å². The van der Waals surface area contributed by atoms with E-state index in [1.807, 2.05) is 10.9 Å². The number of halogens is 1. The molecule has 1 fully saturated rings. The van der Waals surface area contributed by atoms with Gasteiger partial charge in [0.2, 0.25) is 0 Å². The van der Waals surface area contributed by atoms with E-state index in [4.69, 9.17) is 4.74 Å². The van der Waals surface area contributed by atoms with E-state index in [1.54, 1.807) is 6.20 Å². The Morgan fingerprint density at radius 2 is 2.15 bits per heavy atom. The summed E-state index contributed by atoms with van der Waals surface area (Å²) >= 11 is 0. The van der Waals surface area contributed by atoms with Crippen molar-refractivity contribution in [2.45, 2.75) is 19.4 Å². The molecule has 5 heteroatoms. The Labute approximate surface area is 116 Å². The van der Waals surface area contributed by atoms with E-state index in [1.165, 1.54) is 18.2 Å². The van der Waals surface area contributed by atoms with E-state index in [0.717, 1.165) is 38.2 Å². The Morgan fingerprint density at radius 3 is 2.95 bits per heavy atom. The molecular weight excluding hydrogens is 259 g/mol. The molecule has 0 bridgehead atoms. The van der Waals surface area contributed by atoms with Crippen LogP contribution in [0.15, 0.2) is 30.6 Å². The summed E-state index contributed by atoms with van der Waals surface area (Å²) in [6.07, 6.45) is 5.60. The van der Waals surface area contributed by atoms with Crippen LogP contribution in [0.3, 0.4) is 0 Å². The van der Waals surface area contributed by atoms with Crippen LogP contribution in [-0.4, -0.2) is 28.1 Å². The third kappa shape index (κ3) is 2.82. The van der Waals surface area contributed by atoms with Gasteiger partial charge in [0, 0.05) is 37.1 Å². The maximum atomic E-state index is 13.3. The van der Waals surface area contributed by atoms with Gasteiger partial charge in [-0.05, 0) is 37.0 Å². The Morgan fingerprint density at radius 1 is 1.35 bits per heavy atom. The molecule has 0 atom stereocenters. The van der Waals surface area contributed by atoms with Crippen LogP contribution in [0.2, 0.25) is 0 Å². The largest absolute Gasteiger partial charge is 0.507 e. The fraction of sp³-hybridized carbons (Fsp3) is 0.400. The van der Waals surface area contributed by atoms with Crippen molar-refractivity contribution < 1.29 is 14.2 Å². The molecule has 0 aliphatic carbocycles. The van der Waals surface area contributed by atoms with Crippen LogP contribution in [0.25, 0.3) is 11.1 Å². The molecule has 1 aromatic heterocycles. The average molecular weight is 276 g/mol. The van der Waals surface area contributed by atoms with Crippen LogP contribution in [0, 0.1) is 11.7 Å². The zero-order valence-corrected chi connectivity index (χ0v) is 11.1. The standard InChI is InChI=1S/C15H17FN2O2/c16-13-1-2-15(19)14(7-13)12-8-17-18(10-12)9-11-3-5-20-6-4-11/h1-2,7-8,10-11,19H,3-6,9H2. The molecule has 2 aromatic rings. The number of aromatic nitrogens is 2. The van der Waals surface area contributed by atoms with Gasteiger partial charge in [0.25, 0.3) is 0 Å². The highest BCUT2D eigenvalue weighted by molar-refractivity contribution is 5.68. The van der Waals surface area contributed by atoms with Gasteiger partial charge < -0.3 is 9.84 Å². The Bertz CT molecular complexity index is 591. The highest BCUT2D eigenvalue weighted by atomic mass is 19.1. The highest BCUT2D eigenvalue weighted by Gasteiger charge is 2.15. The minimum absolute atomic E-state index is 0.0667. The van der Waals surface area contributed by atoms with Crippen LogP contribution >= 0.6 is 0 Å². The van der Waals surface area contributed by atoms with E-state index in [0.29, 0.717) is 11.5 Å². The molecule has 20 heavy (non-hydrogen) atoms. The molecule has 3 rings (SSSR count). The molecule has 106 valence electrons.